The summed E-state index contributed by atoms with van der Waals surface area (Å²) in [5.41, 5.74) is -4.40. The average Bonchev–Trinajstić information content (AvgIpc) is 2.55. The highest BCUT2D eigenvalue weighted by Crippen LogP contribution is 2.37. The summed E-state index contributed by atoms with van der Waals surface area (Å²) in [6.07, 6.45) is 2.53. The molecule has 10 heteroatoms. The number of nitrogens with zero attached hydrogens (tertiary/aromatic N) is 2. The van der Waals surface area contributed by atoms with Crippen LogP contribution in [0.5, 0.6) is 5.88 Å². The lowest BCUT2D eigenvalue weighted by Gasteiger charge is -2.10. The Morgan fingerprint density at radius 3 is 2.68 bits per heavy atom. The third kappa shape index (κ3) is 6.24. The van der Waals surface area contributed by atoms with Crippen molar-refractivity contribution in [1.82, 2.24) is 9.97 Å². The van der Waals surface area contributed by atoms with Gasteiger partial charge in [0.05, 0.1) is 24.1 Å². The van der Waals surface area contributed by atoms with Crippen LogP contribution < -0.4 is 10.1 Å². The molecule has 6 nitrogen and oxygen atoms in total. The maximum atomic E-state index is 12.5. The summed E-state index contributed by atoms with van der Waals surface area (Å²) in [5.74, 6) is -0.376. The predicted molar refractivity (Wildman–Crippen MR) is 85.7 cm³/mol. The molecule has 0 aliphatic heterocycles. The molecule has 0 saturated heterocycles. The van der Waals surface area contributed by atoms with E-state index in [0.29, 0.717) is 24.8 Å². The molecule has 0 spiro atoms. The molecule has 0 radical (unpaired) electrons. The first-order valence-corrected chi connectivity index (χ1v) is 7.80. The van der Waals surface area contributed by atoms with Crippen LogP contribution in [0, 0.1) is 0 Å². The number of halogens is 3. The van der Waals surface area contributed by atoms with Gasteiger partial charge in [0.25, 0.3) is 5.91 Å². The normalized spacial score (nSPS) is 11.2. The molecule has 0 saturated carbocycles. The predicted octanol–water partition coefficient (Wildman–Crippen LogP) is 3.37. The van der Waals surface area contributed by atoms with Crippen molar-refractivity contribution in [2.75, 3.05) is 25.6 Å². The van der Waals surface area contributed by atoms with Crippen molar-refractivity contribution in [3.8, 4) is 5.88 Å². The standard InChI is InChI=1S/C15H14F3N3O3S/c1-23-7-8-24-12-5-4-10(9-20-12)21-13(22)11-3-2-6-19-14(11)25-15(16,17)18/h2-6,9H,7-8H2,1H3,(H,21,22). The van der Waals surface area contributed by atoms with Gasteiger partial charge in [0, 0.05) is 31.1 Å². The molecule has 2 heterocycles. The first-order chi connectivity index (χ1) is 11.9. The highest BCUT2D eigenvalue weighted by Gasteiger charge is 2.32. The number of alkyl halides is 3. The van der Waals surface area contributed by atoms with Gasteiger partial charge in [-0.2, -0.15) is 13.2 Å². The van der Waals surface area contributed by atoms with Crippen LogP contribution in [-0.2, 0) is 4.74 Å². The number of aromatic nitrogens is 2. The summed E-state index contributed by atoms with van der Waals surface area (Å²) < 4.78 is 47.7. The third-order valence-electron chi connectivity index (χ3n) is 2.76. The molecule has 2 rings (SSSR count). The van der Waals surface area contributed by atoms with Crippen LogP contribution in [0.15, 0.2) is 41.7 Å². The monoisotopic (exact) mass is 373 g/mol. The fourth-order valence-corrected chi connectivity index (χ4v) is 2.33. The number of rotatable bonds is 7. The number of pyridine rings is 2. The Bertz CT molecular complexity index is 711. The van der Waals surface area contributed by atoms with Crippen LogP contribution in [0.25, 0.3) is 0 Å². The second-order valence-corrected chi connectivity index (χ2v) is 5.64. The number of carbonyl (C=O) groups excluding carboxylic acids is 1. The van der Waals surface area contributed by atoms with E-state index >= 15 is 0 Å². The Kier molecular flexibility index (Phi) is 6.59. The average molecular weight is 373 g/mol. The summed E-state index contributed by atoms with van der Waals surface area (Å²) in [4.78, 5) is 19.8. The Morgan fingerprint density at radius 2 is 2.04 bits per heavy atom. The van der Waals surface area contributed by atoms with Crippen LogP contribution in [-0.4, -0.2) is 41.7 Å². The van der Waals surface area contributed by atoms with E-state index in [-0.39, 0.29) is 5.56 Å². The second kappa shape index (κ2) is 8.67. The minimum absolute atomic E-state index is 0.176. The molecular formula is C15H14F3N3O3S. The van der Waals surface area contributed by atoms with E-state index in [0.717, 1.165) is 0 Å². The summed E-state index contributed by atoms with van der Waals surface area (Å²) in [5, 5.41) is 2.06. The van der Waals surface area contributed by atoms with Gasteiger partial charge in [0.15, 0.2) is 0 Å². The molecule has 0 aliphatic rings. The number of anilines is 1. The Hall–Kier alpha value is -2.33. The highest BCUT2D eigenvalue weighted by atomic mass is 32.2. The van der Waals surface area contributed by atoms with Gasteiger partial charge in [-0.05, 0) is 18.2 Å². The maximum absolute atomic E-state index is 12.5. The minimum Gasteiger partial charge on any atom is -0.475 e. The first-order valence-electron chi connectivity index (χ1n) is 6.99. The van der Waals surface area contributed by atoms with Crippen LogP contribution in [0.2, 0.25) is 0 Å². The van der Waals surface area contributed by atoms with Crippen molar-refractivity contribution in [3.63, 3.8) is 0 Å². The highest BCUT2D eigenvalue weighted by molar-refractivity contribution is 8.00. The molecule has 0 fully saturated rings. The molecule has 2 aromatic rings. The molecule has 134 valence electrons. The molecule has 0 aliphatic carbocycles. The van der Waals surface area contributed by atoms with Crippen LogP contribution in [0.1, 0.15) is 10.4 Å². The molecular weight excluding hydrogens is 359 g/mol. The minimum atomic E-state index is -4.54. The van der Waals surface area contributed by atoms with Crippen molar-refractivity contribution in [2.24, 2.45) is 0 Å². The van der Waals surface area contributed by atoms with Gasteiger partial charge in [-0.15, -0.1) is 0 Å². The van der Waals surface area contributed by atoms with Crippen molar-refractivity contribution < 1.29 is 27.4 Å². The van der Waals surface area contributed by atoms with Crippen molar-refractivity contribution in [2.45, 2.75) is 10.5 Å². The lowest BCUT2D eigenvalue weighted by molar-refractivity contribution is -0.0329. The van der Waals surface area contributed by atoms with E-state index in [1.807, 2.05) is 0 Å². The Labute approximate surface area is 145 Å². The van der Waals surface area contributed by atoms with Crippen molar-refractivity contribution >= 4 is 23.4 Å². The third-order valence-corrected chi connectivity index (χ3v) is 3.51. The fraction of sp³-hybridized carbons (Fsp3) is 0.267. The Balaban J connectivity index is 2.05. The van der Waals surface area contributed by atoms with E-state index < -0.39 is 28.2 Å². The molecule has 1 N–H and O–H groups in total. The topological polar surface area (TPSA) is 73.3 Å². The van der Waals surface area contributed by atoms with Crippen LogP contribution >= 0.6 is 11.8 Å². The van der Waals surface area contributed by atoms with Gasteiger partial charge in [-0.25, -0.2) is 9.97 Å². The van der Waals surface area contributed by atoms with Gasteiger partial charge in [-0.1, -0.05) is 0 Å². The lowest BCUT2D eigenvalue weighted by atomic mass is 10.2. The molecule has 25 heavy (non-hydrogen) atoms. The zero-order valence-corrected chi connectivity index (χ0v) is 13.9. The van der Waals surface area contributed by atoms with E-state index in [2.05, 4.69) is 15.3 Å². The number of hydrogen-bond acceptors (Lipinski definition) is 6. The van der Waals surface area contributed by atoms with E-state index in [4.69, 9.17) is 9.47 Å². The largest absolute Gasteiger partial charge is 0.475 e. The Morgan fingerprint density at radius 1 is 1.24 bits per heavy atom. The van der Waals surface area contributed by atoms with E-state index in [9.17, 15) is 18.0 Å². The molecule has 0 aromatic carbocycles. The summed E-state index contributed by atoms with van der Waals surface area (Å²) in [6.45, 7) is 0.726. The van der Waals surface area contributed by atoms with Gasteiger partial charge in [0.2, 0.25) is 5.88 Å². The van der Waals surface area contributed by atoms with Crippen molar-refractivity contribution in [3.05, 3.63) is 42.2 Å². The molecule has 1 amide bonds. The maximum Gasteiger partial charge on any atom is 0.447 e. The van der Waals surface area contributed by atoms with Crippen LogP contribution in [0.3, 0.4) is 0 Å². The quantitative estimate of drug-likeness (QED) is 0.593. The smallest absolute Gasteiger partial charge is 0.447 e. The van der Waals surface area contributed by atoms with Gasteiger partial charge < -0.3 is 14.8 Å². The molecule has 0 unspecified atom stereocenters. The van der Waals surface area contributed by atoms with Gasteiger partial charge in [-0.3, -0.25) is 4.79 Å². The van der Waals surface area contributed by atoms with Crippen molar-refractivity contribution in [1.29, 1.82) is 0 Å². The number of ether oxygens (including phenoxy) is 2. The number of nitrogens with one attached hydrogen (secondary N) is 1. The fourth-order valence-electron chi connectivity index (χ4n) is 1.72. The number of hydrogen-bond donors (Lipinski definition) is 1. The molecule has 2 aromatic heterocycles. The summed E-state index contributed by atoms with van der Waals surface area (Å²) in [7, 11) is 1.54. The SMILES string of the molecule is COCCOc1ccc(NC(=O)c2cccnc2SC(F)(F)F)cn1. The van der Waals surface area contributed by atoms with Crippen LogP contribution in [0.4, 0.5) is 18.9 Å². The summed E-state index contributed by atoms with van der Waals surface area (Å²) >= 11 is -0.440. The summed E-state index contributed by atoms with van der Waals surface area (Å²) in [6, 6.07) is 5.71. The number of carbonyl (C=O) groups is 1. The first kappa shape index (κ1) is 19.0. The number of thioether (sulfide) groups is 1. The van der Waals surface area contributed by atoms with E-state index in [1.54, 1.807) is 7.11 Å². The van der Waals surface area contributed by atoms with Gasteiger partial charge >= 0.3 is 5.51 Å². The van der Waals surface area contributed by atoms with E-state index in [1.165, 1.54) is 36.7 Å². The molecule has 0 atom stereocenters. The second-order valence-electron chi connectivity index (χ2n) is 4.58. The molecule has 0 bridgehead atoms. The van der Waals surface area contributed by atoms with Gasteiger partial charge in [0.1, 0.15) is 11.6 Å². The lowest BCUT2D eigenvalue weighted by Crippen LogP contribution is -2.15. The number of amides is 1. The zero-order valence-electron chi connectivity index (χ0n) is 13.0. The number of methoxy groups -OCH3 is 1. The zero-order chi connectivity index (χ0) is 18.3.